The minimum Gasteiger partial charge on any atom is -0.392 e. The summed E-state index contributed by atoms with van der Waals surface area (Å²) in [6.45, 7) is 15.7. The minimum absolute atomic E-state index is 0.193. The lowest BCUT2D eigenvalue weighted by Crippen LogP contribution is -2.52. The Morgan fingerprint density at radius 3 is 2.28 bits per heavy atom. The zero-order chi connectivity index (χ0) is 23.1. The lowest BCUT2D eigenvalue weighted by atomic mass is 9.63. The van der Waals surface area contributed by atoms with E-state index in [4.69, 9.17) is 10.7 Å². The van der Waals surface area contributed by atoms with E-state index in [2.05, 4.69) is 73.9 Å². The standard InChI is InChI=1S/C27H40N4O/c1-19(32)23(28)18-30-13-15-31(16-14-30)25-8-6-7-24(29-25)20-9-10-21-22(17-20)27(4,5)12-11-26(21,2)3/h6-10,17,19,23,32H,11-16,18,28H2,1-5H3. The Hall–Kier alpha value is -1.95. The van der Waals surface area contributed by atoms with E-state index in [0.717, 1.165) is 44.2 Å². The molecule has 0 saturated carbocycles. The molecule has 2 atom stereocenters. The van der Waals surface area contributed by atoms with Crippen LogP contribution in [0.2, 0.25) is 0 Å². The predicted octanol–water partition coefficient (Wildman–Crippen LogP) is 3.93. The first-order valence-electron chi connectivity index (χ1n) is 12.1. The van der Waals surface area contributed by atoms with Gasteiger partial charge in [0.1, 0.15) is 5.82 Å². The number of nitrogens with zero attached hydrogens (tertiary/aromatic N) is 3. The zero-order valence-electron chi connectivity index (χ0n) is 20.4. The van der Waals surface area contributed by atoms with Crippen molar-refractivity contribution in [2.24, 2.45) is 5.73 Å². The fourth-order valence-electron chi connectivity index (χ4n) is 5.12. The SMILES string of the molecule is CC(O)C(N)CN1CCN(c2cccc(-c3ccc4c(c3)C(C)(C)CCC4(C)C)n2)CC1. The summed E-state index contributed by atoms with van der Waals surface area (Å²) in [6, 6.07) is 13.2. The molecule has 4 rings (SSSR count). The average molecular weight is 437 g/mol. The molecule has 5 nitrogen and oxygen atoms in total. The highest BCUT2D eigenvalue weighted by atomic mass is 16.3. The van der Waals surface area contributed by atoms with Crippen molar-refractivity contribution in [2.75, 3.05) is 37.6 Å². The Morgan fingerprint density at radius 1 is 0.969 bits per heavy atom. The maximum absolute atomic E-state index is 9.68. The van der Waals surface area contributed by atoms with Crippen molar-refractivity contribution in [3.63, 3.8) is 0 Å². The molecule has 1 aliphatic carbocycles. The molecule has 1 aromatic heterocycles. The van der Waals surface area contributed by atoms with E-state index >= 15 is 0 Å². The predicted molar refractivity (Wildman–Crippen MR) is 133 cm³/mol. The van der Waals surface area contributed by atoms with Gasteiger partial charge in [0.15, 0.2) is 0 Å². The van der Waals surface area contributed by atoms with Crippen LogP contribution in [0, 0.1) is 0 Å². The van der Waals surface area contributed by atoms with E-state index in [9.17, 15) is 5.11 Å². The number of piperazine rings is 1. The zero-order valence-corrected chi connectivity index (χ0v) is 20.4. The first kappa shape index (κ1) is 23.2. The monoisotopic (exact) mass is 436 g/mol. The molecular weight excluding hydrogens is 396 g/mol. The molecule has 1 aromatic carbocycles. The van der Waals surface area contributed by atoms with Crippen LogP contribution in [0.4, 0.5) is 5.82 Å². The van der Waals surface area contributed by atoms with Crippen LogP contribution < -0.4 is 10.6 Å². The molecule has 2 unspecified atom stereocenters. The van der Waals surface area contributed by atoms with Gasteiger partial charge in [0.05, 0.1) is 11.8 Å². The van der Waals surface area contributed by atoms with E-state index in [1.165, 1.54) is 29.5 Å². The Kier molecular flexibility index (Phi) is 6.36. The van der Waals surface area contributed by atoms with Gasteiger partial charge < -0.3 is 15.7 Å². The van der Waals surface area contributed by atoms with Crippen LogP contribution in [0.15, 0.2) is 36.4 Å². The molecular formula is C27H40N4O. The second kappa shape index (κ2) is 8.77. The van der Waals surface area contributed by atoms with Crippen molar-refractivity contribution in [1.29, 1.82) is 0 Å². The van der Waals surface area contributed by atoms with E-state index in [1.54, 1.807) is 6.92 Å². The molecule has 0 spiro atoms. The molecule has 174 valence electrons. The van der Waals surface area contributed by atoms with E-state index in [-0.39, 0.29) is 16.9 Å². The van der Waals surface area contributed by atoms with E-state index in [1.807, 2.05) is 0 Å². The quantitative estimate of drug-likeness (QED) is 0.744. The van der Waals surface area contributed by atoms with Crippen LogP contribution in [0.1, 0.15) is 58.6 Å². The van der Waals surface area contributed by atoms with Crippen LogP contribution in [-0.4, -0.2) is 59.9 Å². The Labute approximate surface area is 193 Å². The van der Waals surface area contributed by atoms with Crippen LogP contribution in [0.5, 0.6) is 0 Å². The molecule has 1 aliphatic heterocycles. The second-order valence-corrected chi connectivity index (χ2v) is 11.1. The number of nitrogens with two attached hydrogens (primary N) is 1. The maximum atomic E-state index is 9.68. The van der Waals surface area contributed by atoms with E-state index < -0.39 is 6.10 Å². The number of fused-ring (bicyclic) bond motifs is 1. The largest absolute Gasteiger partial charge is 0.392 e. The number of benzene rings is 1. The van der Waals surface area contributed by atoms with Crippen molar-refractivity contribution in [2.45, 2.75) is 70.4 Å². The molecule has 2 heterocycles. The molecule has 0 amide bonds. The molecule has 2 aromatic rings. The van der Waals surface area contributed by atoms with E-state index in [0.29, 0.717) is 0 Å². The average Bonchev–Trinajstić information content (AvgIpc) is 2.77. The van der Waals surface area contributed by atoms with Crippen LogP contribution in [0.3, 0.4) is 0 Å². The summed E-state index contributed by atoms with van der Waals surface area (Å²) in [7, 11) is 0. The second-order valence-electron chi connectivity index (χ2n) is 11.1. The molecule has 0 radical (unpaired) electrons. The summed E-state index contributed by atoms with van der Waals surface area (Å²) < 4.78 is 0. The van der Waals surface area contributed by atoms with Gasteiger partial charge >= 0.3 is 0 Å². The Morgan fingerprint density at radius 2 is 1.62 bits per heavy atom. The molecule has 1 saturated heterocycles. The number of anilines is 1. The lowest BCUT2D eigenvalue weighted by Gasteiger charge is -2.42. The van der Waals surface area contributed by atoms with Crippen molar-refractivity contribution in [1.82, 2.24) is 9.88 Å². The Bertz CT molecular complexity index is 944. The minimum atomic E-state index is -0.474. The van der Waals surface area contributed by atoms with Crippen molar-refractivity contribution < 1.29 is 5.11 Å². The number of pyridine rings is 1. The van der Waals surface area contributed by atoms with Crippen molar-refractivity contribution >= 4 is 5.82 Å². The molecule has 1 fully saturated rings. The van der Waals surface area contributed by atoms with Crippen molar-refractivity contribution in [3.05, 3.63) is 47.5 Å². The maximum Gasteiger partial charge on any atom is 0.129 e. The van der Waals surface area contributed by atoms with Crippen LogP contribution in [-0.2, 0) is 10.8 Å². The van der Waals surface area contributed by atoms with Gasteiger partial charge in [-0.3, -0.25) is 4.90 Å². The fraction of sp³-hybridized carbons (Fsp3) is 0.593. The number of rotatable bonds is 5. The van der Waals surface area contributed by atoms with Gasteiger partial charge in [-0.2, -0.15) is 0 Å². The first-order valence-corrected chi connectivity index (χ1v) is 12.1. The van der Waals surface area contributed by atoms with Gasteiger partial charge in [-0.15, -0.1) is 0 Å². The Balaban J connectivity index is 1.52. The van der Waals surface area contributed by atoms with Gasteiger partial charge in [0, 0.05) is 44.3 Å². The number of hydrogen-bond acceptors (Lipinski definition) is 5. The molecule has 0 bridgehead atoms. The molecule has 3 N–H and O–H groups in total. The van der Waals surface area contributed by atoms with Gasteiger partial charge in [-0.1, -0.05) is 45.9 Å². The van der Waals surface area contributed by atoms with Gasteiger partial charge in [0.25, 0.3) is 0 Å². The van der Waals surface area contributed by atoms with Gasteiger partial charge in [0.2, 0.25) is 0 Å². The third kappa shape index (κ3) is 4.70. The van der Waals surface area contributed by atoms with Gasteiger partial charge in [-0.25, -0.2) is 4.98 Å². The molecule has 2 aliphatic rings. The highest BCUT2D eigenvalue weighted by molar-refractivity contribution is 5.65. The topological polar surface area (TPSA) is 65.6 Å². The summed E-state index contributed by atoms with van der Waals surface area (Å²) in [4.78, 5) is 9.76. The first-order chi connectivity index (χ1) is 15.1. The normalized spacial score (nSPS) is 22.3. The lowest BCUT2D eigenvalue weighted by molar-refractivity contribution is 0.130. The van der Waals surface area contributed by atoms with Crippen LogP contribution in [0.25, 0.3) is 11.3 Å². The summed E-state index contributed by atoms with van der Waals surface area (Å²) in [5.41, 5.74) is 11.7. The van der Waals surface area contributed by atoms with Gasteiger partial charge in [-0.05, 0) is 59.9 Å². The third-order valence-electron chi connectivity index (χ3n) is 7.67. The molecule has 5 heteroatoms. The smallest absolute Gasteiger partial charge is 0.129 e. The fourth-order valence-corrected chi connectivity index (χ4v) is 5.12. The number of aliphatic hydroxyl groups excluding tert-OH is 1. The number of aliphatic hydroxyl groups is 1. The highest BCUT2D eigenvalue weighted by Gasteiger charge is 2.37. The van der Waals surface area contributed by atoms with Crippen molar-refractivity contribution in [3.8, 4) is 11.3 Å². The number of aromatic nitrogens is 1. The summed E-state index contributed by atoms with van der Waals surface area (Å²) in [5, 5.41) is 9.68. The summed E-state index contributed by atoms with van der Waals surface area (Å²) in [6.07, 6.45) is 1.97. The third-order valence-corrected chi connectivity index (χ3v) is 7.67. The molecule has 32 heavy (non-hydrogen) atoms. The van der Waals surface area contributed by atoms with Crippen LogP contribution >= 0.6 is 0 Å². The number of hydrogen-bond donors (Lipinski definition) is 2. The summed E-state index contributed by atoms with van der Waals surface area (Å²) in [5.74, 6) is 1.04. The highest BCUT2D eigenvalue weighted by Crippen LogP contribution is 2.46. The summed E-state index contributed by atoms with van der Waals surface area (Å²) >= 11 is 0.